The number of aromatic nitrogens is 2. The molecule has 1 unspecified atom stereocenters. The van der Waals surface area contributed by atoms with Crippen LogP contribution in [0.3, 0.4) is 0 Å². The van der Waals surface area contributed by atoms with Crippen LogP contribution in [0.15, 0.2) is 16.9 Å². The molecule has 0 bridgehead atoms. The molecule has 0 aliphatic carbocycles. The summed E-state index contributed by atoms with van der Waals surface area (Å²) in [4.78, 5) is 4.30. The molecule has 0 spiro atoms. The van der Waals surface area contributed by atoms with Crippen molar-refractivity contribution in [2.24, 2.45) is 0 Å². The van der Waals surface area contributed by atoms with Crippen LogP contribution in [0.5, 0.6) is 5.75 Å². The minimum Gasteiger partial charge on any atom is -0.485 e. The first-order valence-corrected chi connectivity index (χ1v) is 8.06. The fourth-order valence-corrected chi connectivity index (χ4v) is 3.71. The quantitative estimate of drug-likeness (QED) is 0.810. The van der Waals surface area contributed by atoms with Gasteiger partial charge in [0.25, 0.3) is 0 Å². The molecule has 0 radical (unpaired) electrons. The predicted octanol–water partition coefficient (Wildman–Crippen LogP) is 4.27. The summed E-state index contributed by atoms with van der Waals surface area (Å²) in [6.07, 6.45) is 4.80. The third kappa shape index (κ3) is 2.30. The van der Waals surface area contributed by atoms with Crippen molar-refractivity contribution < 1.29 is 4.74 Å². The molecule has 4 heteroatoms. The van der Waals surface area contributed by atoms with Crippen LogP contribution in [0.1, 0.15) is 35.0 Å². The highest BCUT2D eigenvalue weighted by Crippen LogP contribution is 2.44. The lowest BCUT2D eigenvalue weighted by molar-refractivity contribution is 0.0936. The van der Waals surface area contributed by atoms with Crippen molar-refractivity contribution in [1.82, 2.24) is 9.55 Å². The Morgan fingerprint density at radius 2 is 1.95 bits per heavy atom. The molecule has 2 aromatic rings. The van der Waals surface area contributed by atoms with Gasteiger partial charge < -0.3 is 9.30 Å². The molecule has 3 nitrogen and oxygen atoms in total. The molecule has 1 aliphatic rings. The molecule has 2 heterocycles. The first-order chi connectivity index (χ1) is 9.82. The predicted molar refractivity (Wildman–Crippen MR) is 88.1 cm³/mol. The van der Waals surface area contributed by atoms with Crippen LogP contribution in [0, 0.1) is 27.7 Å². The Bertz CT molecular complexity index is 681. The number of hydrogen-bond acceptors (Lipinski definition) is 2. The van der Waals surface area contributed by atoms with E-state index in [0.717, 1.165) is 24.5 Å². The monoisotopic (exact) mass is 348 g/mol. The largest absolute Gasteiger partial charge is 0.485 e. The van der Waals surface area contributed by atoms with Crippen LogP contribution in [0.4, 0.5) is 0 Å². The molecule has 1 atom stereocenters. The van der Waals surface area contributed by atoms with E-state index < -0.39 is 0 Å². The first-order valence-electron chi connectivity index (χ1n) is 7.27. The standard InChI is InChI=1S/C17H21BrN2O/c1-10-11(2)16-14(12(3)15(10)18)8-17(5,21-16)9-20-7-6-19-13(20)4/h6-7H,8-9H2,1-5H3. The number of rotatable bonds is 2. The van der Waals surface area contributed by atoms with Gasteiger partial charge in [-0.1, -0.05) is 15.9 Å². The van der Waals surface area contributed by atoms with E-state index in [1.165, 1.54) is 26.7 Å². The van der Waals surface area contributed by atoms with E-state index in [4.69, 9.17) is 4.74 Å². The van der Waals surface area contributed by atoms with E-state index in [2.05, 4.69) is 53.2 Å². The van der Waals surface area contributed by atoms with Crippen molar-refractivity contribution in [3.8, 4) is 5.75 Å². The van der Waals surface area contributed by atoms with Crippen molar-refractivity contribution >= 4 is 15.9 Å². The van der Waals surface area contributed by atoms with E-state index in [1.54, 1.807) is 0 Å². The number of benzene rings is 1. The molecule has 3 rings (SSSR count). The number of aryl methyl sites for hydroxylation is 1. The SMILES string of the molecule is Cc1c(C)c2c(c(C)c1Br)CC(C)(Cn1ccnc1C)O2. The van der Waals surface area contributed by atoms with Gasteiger partial charge in [0.05, 0.1) is 6.54 Å². The van der Waals surface area contributed by atoms with Gasteiger partial charge in [-0.25, -0.2) is 4.98 Å². The molecule has 0 amide bonds. The average molecular weight is 349 g/mol. The van der Waals surface area contributed by atoms with E-state index in [-0.39, 0.29) is 5.60 Å². The number of imidazole rings is 1. The lowest BCUT2D eigenvalue weighted by Crippen LogP contribution is -2.36. The smallest absolute Gasteiger partial charge is 0.128 e. The molecule has 0 saturated heterocycles. The maximum atomic E-state index is 6.40. The highest BCUT2D eigenvalue weighted by atomic mass is 79.9. The minimum absolute atomic E-state index is 0.212. The number of hydrogen-bond donors (Lipinski definition) is 0. The van der Waals surface area contributed by atoms with Gasteiger partial charge in [-0.15, -0.1) is 0 Å². The molecule has 0 N–H and O–H groups in total. The van der Waals surface area contributed by atoms with E-state index in [1.807, 2.05) is 19.3 Å². The minimum atomic E-state index is -0.212. The third-order valence-corrected chi connectivity index (χ3v) is 5.81. The van der Waals surface area contributed by atoms with Gasteiger partial charge in [-0.3, -0.25) is 0 Å². The van der Waals surface area contributed by atoms with E-state index in [9.17, 15) is 0 Å². The second-order valence-corrected chi connectivity index (χ2v) is 7.12. The summed E-state index contributed by atoms with van der Waals surface area (Å²) in [5.74, 6) is 2.11. The van der Waals surface area contributed by atoms with Crippen molar-refractivity contribution in [3.05, 3.63) is 44.9 Å². The summed E-state index contributed by atoms with van der Waals surface area (Å²) in [6.45, 7) is 11.5. The van der Waals surface area contributed by atoms with Crippen LogP contribution >= 0.6 is 15.9 Å². The Labute approximate surface area is 134 Å². The third-order valence-electron chi connectivity index (χ3n) is 4.62. The van der Waals surface area contributed by atoms with Crippen molar-refractivity contribution in [2.45, 2.75) is 53.2 Å². The Hall–Kier alpha value is -1.29. The second kappa shape index (κ2) is 4.87. The van der Waals surface area contributed by atoms with Crippen LogP contribution in [0.2, 0.25) is 0 Å². The summed E-state index contributed by atoms with van der Waals surface area (Å²) in [6, 6.07) is 0. The van der Waals surface area contributed by atoms with Crippen LogP contribution in [0.25, 0.3) is 0 Å². The summed E-state index contributed by atoms with van der Waals surface area (Å²) in [5.41, 5.74) is 4.95. The zero-order chi connectivity index (χ0) is 15.4. The van der Waals surface area contributed by atoms with Crippen LogP contribution in [-0.2, 0) is 13.0 Å². The number of fused-ring (bicyclic) bond motifs is 1. The molecule has 0 fully saturated rings. The van der Waals surface area contributed by atoms with Crippen molar-refractivity contribution in [2.75, 3.05) is 0 Å². The summed E-state index contributed by atoms with van der Waals surface area (Å²) in [5, 5.41) is 0. The van der Waals surface area contributed by atoms with Gasteiger partial charge in [0.1, 0.15) is 17.2 Å². The normalized spacial score (nSPS) is 20.5. The van der Waals surface area contributed by atoms with Gasteiger partial charge in [-0.05, 0) is 51.3 Å². The van der Waals surface area contributed by atoms with E-state index >= 15 is 0 Å². The molecule has 112 valence electrons. The topological polar surface area (TPSA) is 27.1 Å². The maximum Gasteiger partial charge on any atom is 0.128 e. The lowest BCUT2D eigenvalue weighted by atomic mass is 9.93. The van der Waals surface area contributed by atoms with Gasteiger partial charge in [0, 0.05) is 28.9 Å². The van der Waals surface area contributed by atoms with Gasteiger partial charge in [0.15, 0.2) is 0 Å². The first kappa shape index (κ1) is 14.6. The van der Waals surface area contributed by atoms with Crippen molar-refractivity contribution in [3.63, 3.8) is 0 Å². The highest BCUT2D eigenvalue weighted by molar-refractivity contribution is 9.10. The van der Waals surface area contributed by atoms with Crippen molar-refractivity contribution in [1.29, 1.82) is 0 Å². The fourth-order valence-electron chi connectivity index (χ4n) is 3.17. The highest BCUT2D eigenvalue weighted by Gasteiger charge is 2.38. The van der Waals surface area contributed by atoms with E-state index in [0.29, 0.717) is 0 Å². The molecule has 0 saturated carbocycles. The molecule has 1 aromatic carbocycles. The summed E-state index contributed by atoms with van der Waals surface area (Å²) < 4.78 is 9.78. The molecular formula is C17H21BrN2O. The van der Waals surface area contributed by atoms with Gasteiger partial charge >= 0.3 is 0 Å². The number of halogens is 1. The summed E-state index contributed by atoms with van der Waals surface area (Å²) in [7, 11) is 0. The Balaban J connectivity index is 1.99. The molecule has 21 heavy (non-hydrogen) atoms. The molecule has 1 aliphatic heterocycles. The zero-order valence-corrected chi connectivity index (χ0v) is 14.8. The zero-order valence-electron chi connectivity index (χ0n) is 13.2. The number of ether oxygens (including phenoxy) is 1. The lowest BCUT2D eigenvalue weighted by Gasteiger charge is -2.25. The van der Waals surface area contributed by atoms with Crippen LogP contribution in [-0.4, -0.2) is 15.2 Å². The van der Waals surface area contributed by atoms with Gasteiger partial charge in [-0.2, -0.15) is 0 Å². The molecular weight excluding hydrogens is 328 g/mol. The maximum absolute atomic E-state index is 6.40. The Morgan fingerprint density at radius 1 is 1.24 bits per heavy atom. The average Bonchev–Trinajstić information content (AvgIpc) is 2.99. The Kier molecular flexibility index (Phi) is 3.40. The Morgan fingerprint density at radius 3 is 2.57 bits per heavy atom. The molecule has 1 aromatic heterocycles. The second-order valence-electron chi connectivity index (χ2n) is 6.33. The van der Waals surface area contributed by atoms with Gasteiger partial charge in [0.2, 0.25) is 0 Å². The number of nitrogens with zero attached hydrogens (tertiary/aromatic N) is 2. The summed E-state index contributed by atoms with van der Waals surface area (Å²) >= 11 is 3.72. The fraction of sp³-hybridized carbons (Fsp3) is 0.471. The van der Waals surface area contributed by atoms with Crippen LogP contribution < -0.4 is 4.74 Å².